The molecular weight excluding hydrogens is 228 g/mol. The Labute approximate surface area is 107 Å². The molecular formula is C13H18N4O. The van der Waals surface area contributed by atoms with Gasteiger partial charge in [0.25, 0.3) is 0 Å². The zero-order valence-corrected chi connectivity index (χ0v) is 10.8. The second kappa shape index (κ2) is 5.23. The van der Waals surface area contributed by atoms with Crippen molar-refractivity contribution in [3.63, 3.8) is 0 Å². The van der Waals surface area contributed by atoms with Crippen molar-refractivity contribution in [1.82, 2.24) is 4.98 Å². The maximum absolute atomic E-state index is 8.81. The zero-order chi connectivity index (χ0) is 13.1. The Morgan fingerprint density at radius 3 is 2.94 bits per heavy atom. The van der Waals surface area contributed by atoms with Crippen molar-refractivity contribution in [2.24, 2.45) is 0 Å². The first-order valence-corrected chi connectivity index (χ1v) is 6.10. The van der Waals surface area contributed by atoms with Crippen molar-refractivity contribution in [2.75, 3.05) is 24.3 Å². The number of nitrogens with zero attached hydrogens (tertiary/aromatic N) is 3. The third kappa shape index (κ3) is 2.39. The molecule has 18 heavy (non-hydrogen) atoms. The van der Waals surface area contributed by atoms with Gasteiger partial charge in [0, 0.05) is 25.9 Å². The third-order valence-electron chi connectivity index (χ3n) is 3.46. The largest absolute Gasteiger partial charge is 0.396 e. The van der Waals surface area contributed by atoms with Crippen molar-refractivity contribution < 1.29 is 4.74 Å². The molecule has 0 spiro atoms. The predicted molar refractivity (Wildman–Crippen MR) is 70.2 cm³/mol. The van der Waals surface area contributed by atoms with E-state index in [0.29, 0.717) is 23.4 Å². The SMILES string of the molecule is COC1CCN(c2ncc(C#N)cc2N)C(C)C1. The summed E-state index contributed by atoms with van der Waals surface area (Å²) in [5.74, 6) is 0.774. The van der Waals surface area contributed by atoms with Gasteiger partial charge < -0.3 is 15.4 Å². The molecule has 1 aromatic rings. The first-order valence-electron chi connectivity index (χ1n) is 6.10. The highest BCUT2D eigenvalue weighted by Crippen LogP contribution is 2.28. The van der Waals surface area contributed by atoms with Crippen LogP contribution in [0.3, 0.4) is 0 Å². The summed E-state index contributed by atoms with van der Waals surface area (Å²) in [4.78, 5) is 6.50. The van der Waals surface area contributed by atoms with Gasteiger partial charge in [-0.25, -0.2) is 4.98 Å². The summed E-state index contributed by atoms with van der Waals surface area (Å²) >= 11 is 0. The van der Waals surface area contributed by atoms with Gasteiger partial charge in [-0.3, -0.25) is 0 Å². The Kier molecular flexibility index (Phi) is 3.68. The minimum absolute atomic E-state index is 0.316. The van der Waals surface area contributed by atoms with Gasteiger partial charge in [-0.1, -0.05) is 0 Å². The molecule has 5 heteroatoms. The molecule has 0 aromatic carbocycles. The number of methoxy groups -OCH3 is 1. The number of ether oxygens (including phenoxy) is 1. The molecule has 1 saturated heterocycles. The third-order valence-corrected chi connectivity index (χ3v) is 3.46. The molecule has 1 aliphatic rings. The van der Waals surface area contributed by atoms with Crippen LogP contribution in [-0.4, -0.2) is 30.8 Å². The number of hydrogen-bond acceptors (Lipinski definition) is 5. The van der Waals surface area contributed by atoms with Gasteiger partial charge in [0.1, 0.15) is 6.07 Å². The summed E-state index contributed by atoms with van der Waals surface area (Å²) in [6.07, 6.45) is 3.83. The molecule has 5 nitrogen and oxygen atoms in total. The summed E-state index contributed by atoms with van der Waals surface area (Å²) in [7, 11) is 1.75. The summed E-state index contributed by atoms with van der Waals surface area (Å²) in [5, 5.41) is 8.81. The molecule has 0 radical (unpaired) electrons. The Morgan fingerprint density at radius 1 is 1.61 bits per heavy atom. The van der Waals surface area contributed by atoms with Gasteiger partial charge in [0.05, 0.1) is 17.4 Å². The van der Waals surface area contributed by atoms with E-state index in [2.05, 4.69) is 16.8 Å². The van der Waals surface area contributed by atoms with Crippen LogP contribution < -0.4 is 10.6 Å². The van der Waals surface area contributed by atoms with Gasteiger partial charge in [-0.05, 0) is 25.8 Å². The topological polar surface area (TPSA) is 75.2 Å². The van der Waals surface area contributed by atoms with E-state index in [1.54, 1.807) is 19.4 Å². The van der Waals surface area contributed by atoms with Crippen LogP contribution in [-0.2, 0) is 4.74 Å². The smallest absolute Gasteiger partial charge is 0.152 e. The minimum atomic E-state index is 0.316. The summed E-state index contributed by atoms with van der Waals surface area (Å²) in [5.41, 5.74) is 7.03. The van der Waals surface area contributed by atoms with Crippen LogP contribution in [0.15, 0.2) is 12.3 Å². The number of pyridine rings is 1. The maximum Gasteiger partial charge on any atom is 0.152 e. The van der Waals surface area contributed by atoms with E-state index in [1.807, 2.05) is 6.07 Å². The lowest BCUT2D eigenvalue weighted by Gasteiger charge is -2.38. The molecule has 1 aliphatic heterocycles. The van der Waals surface area contributed by atoms with Gasteiger partial charge in [-0.2, -0.15) is 5.26 Å². The van der Waals surface area contributed by atoms with Crippen LogP contribution in [0.25, 0.3) is 0 Å². The molecule has 2 heterocycles. The predicted octanol–water partition coefficient (Wildman–Crippen LogP) is 1.54. The number of anilines is 2. The molecule has 1 aromatic heterocycles. The molecule has 0 amide bonds. The van der Waals surface area contributed by atoms with Crippen LogP contribution >= 0.6 is 0 Å². The number of hydrogen-bond donors (Lipinski definition) is 1. The van der Waals surface area contributed by atoms with E-state index in [9.17, 15) is 0 Å². The van der Waals surface area contributed by atoms with Crippen molar-refractivity contribution in [3.8, 4) is 6.07 Å². The molecule has 96 valence electrons. The van der Waals surface area contributed by atoms with Crippen molar-refractivity contribution >= 4 is 11.5 Å². The van der Waals surface area contributed by atoms with E-state index >= 15 is 0 Å². The average Bonchev–Trinajstić information content (AvgIpc) is 2.39. The monoisotopic (exact) mass is 246 g/mol. The van der Waals surface area contributed by atoms with Crippen LogP contribution in [0, 0.1) is 11.3 Å². The lowest BCUT2D eigenvalue weighted by atomic mass is 10.0. The summed E-state index contributed by atoms with van der Waals surface area (Å²) < 4.78 is 5.39. The van der Waals surface area contributed by atoms with Crippen LogP contribution in [0.5, 0.6) is 0 Å². The normalized spacial score (nSPS) is 23.7. The van der Waals surface area contributed by atoms with Crippen molar-refractivity contribution in [2.45, 2.75) is 31.9 Å². The van der Waals surface area contributed by atoms with E-state index in [-0.39, 0.29) is 0 Å². The Hall–Kier alpha value is -1.80. The molecule has 2 N–H and O–H groups in total. The Bertz CT molecular complexity index is 469. The highest BCUT2D eigenvalue weighted by atomic mass is 16.5. The minimum Gasteiger partial charge on any atom is -0.396 e. The van der Waals surface area contributed by atoms with Crippen molar-refractivity contribution in [1.29, 1.82) is 5.26 Å². The molecule has 1 fully saturated rings. The van der Waals surface area contributed by atoms with Crippen LogP contribution in [0.1, 0.15) is 25.3 Å². The Balaban J connectivity index is 2.20. The fraction of sp³-hybridized carbons (Fsp3) is 0.538. The molecule has 0 saturated carbocycles. The van der Waals surface area contributed by atoms with Gasteiger partial charge in [0.15, 0.2) is 5.82 Å². The molecule has 2 unspecified atom stereocenters. The molecule has 0 bridgehead atoms. The first-order chi connectivity index (χ1) is 8.65. The van der Waals surface area contributed by atoms with Gasteiger partial charge >= 0.3 is 0 Å². The average molecular weight is 246 g/mol. The maximum atomic E-state index is 8.81. The quantitative estimate of drug-likeness (QED) is 0.856. The fourth-order valence-corrected chi connectivity index (χ4v) is 2.43. The lowest BCUT2D eigenvalue weighted by Crippen LogP contribution is -2.44. The van der Waals surface area contributed by atoms with E-state index in [1.165, 1.54) is 0 Å². The molecule has 2 atom stereocenters. The number of aromatic nitrogens is 1. The standard InChI is InChI=1S/C13H18N4O/c1-9-5-11(18-2)3-4-17(9)13-12(15)6-10(7-14)8-16-13/h6,8-9,11H,3-5,15H2,1-2H3. The summed E-state index contributed by atoms with van der Waals surface area (Å²) in [6.45, 7) is 3.02. The fourth-order valence-electron chi connectivity index (χ4n) is 2.43. The number of nitrogens with two attached hydrogens (primary N) is 1. The van der Waals surface area contributed by atoms with Gasteiger partial charge in [0.2, 0.25) is 0 Å². The highest BCUT2D eigenvalue weighted by Gasteiger charge is 2.27. The Morgan fingerprint density at radius 2 is 2.39 bits per heavy atom. The van der Waals surface area contributed by atoms with E-state index in [0.717, 1.165) is 25.2 Å². The van der Waals surface area contributed by atoms with Crippen LogP contribution in [0.2, 0.25) is 0 Å². The summed E-state index contributed by atoms with van der Waals surface area (Å²) in [6, 6.07) is 4.06. The van der Waals surface area contributed by atoms with Crippen LogP contribution in [0.4, 0.5) is 11.5 Å². The molecule has 2 rings (SSSR count). The lowest BCUT2D eigenvalue weighted by molar-refractivity contribution is 0.0720. The van der Waals surface area contributed by atoms with E-state index < -0.39 is 0 Å². The number of nitriles is 1. The second-order valence-corrected chi connectivity index (χ2v) is 4.67. The van der Waals surface area contributed by atoms with Crippen molar-refractivity contribution in [3.05, 3.63) is 17.8 Å². The number of nitrogen functional groups attached to an aromatic ring is 1. The second-order valence-electron chi connectivity index (χ2n) is 4.67. The first kappa shape index (κ1) is 12.7. The highest BCUT2D eigenvalue weighted by molar-refractivity contribution is 5.65. The molecule has 0 aliphatic carbocycles. The van der Waals surface area contributed by atoms with E-state index in [4.69, 9.17) is 15.7 Å². The van der Waals surface area contributed by atoms with Gasteiger partial charge in [-0.15, -0.1) is 0 Å². The number of piperidine rings is 1. The number of rotatable bonds is 2. The zero-order valence-electron chi connectivity index (χ0n) is 10.8.